The molecule has 0 spiro atoms. The fourth-order valence-electron chi connectivity index (χ4n) is 2.12. The number of rotatable bonds is 6. The summed E-state index contributed by atoms with van der Waals surface area (Å²) in [6, 6.07) is 3.44. The van der Waals surface area contributed by atoms with E-state index >= 15 is 0 Å². The highest BCUT2D eigenvalue weighted by Gasteiger charge is 2.13. The lowest BCUT2D eigenvalue weighted by Gasteiger charge is -2.08. The molecule has 1 heterocycles. The zero-order chi connectivity index (χ0) is 20.1. The molecule has 1 aromatic carbocycles. The fourth-order valence-corrected chi connectivity index (χ4v) is 2.90. The summed E-state index contributed by atoms with van der Waals surface area (Å²) in [4.78, 5) is 35.5. The second-order valence-corrected chi connectivity index (χ2v) is 6.44. The predicted molar refractivity (Wildman–Crippen MR) is 98.5 cm³/mol. The number of aromatic nitrogens is 3. The average Bonchev–Trinajstić information content (AvgIpc) is 2.65. The van der Waals surface area contributed by atoms with Crippen molar-refractivity contribution in [1.82, 2.24) is 19.8 Å². The number of nitrogens with one attached hydrogen (secondary N) is 1. The number of hydrogen-bond acceptors (Lipinski definition) is 7. The first kappa shape index (κ1) is 20.4. The number of aryl methyl sites for hydroxylation is 1. The van der Waals surface area contributed by atoms with Crippen LogP contribution in [0, 0.1) is 5.82 Å². The van der Waals surface area contributed by atoms with Crippen LogP contribution in [0.3, 0.4) is 0 Å². The van der Waals surface area contributed by atoms with E-state index in [1.165, 1.54) is 20.2 Å². The molecule has 11 heteroatoms. The van der Waals surface area contributed by atoms with Crippen molar-refractivity contribution in [2.75, 3.05) is 5.75 Å². The van der Waals surface area contributed by atoms with Gasteiger partial charge in [0.05, 0.1) is 11.5 Å². The van der Waals surface area contributed by atoms with E-state index in [0.717, 1.165) is 33.1 Å². The van der Waals surface area contributed by atoms with Crippen LogP contribution in [0.4, 0.5) is 4.39 Å². The minimum absolute atomic E-state index is 0.00257. The molecule has 2 aromatic rings. The summed E-state index contributed by atoms with van der Waals surface area (Å²) in [7, 11) is 2.72. The second-order valence-electron chi connectivity index (χ2n) is 5.47. The molecule has 27 heavy (non-hydrogen) atoms. The summed E-state index contributed by atoms with van der Waals surface area (Å²) in [5, 5.41) is 17.6. The van der Waals surface area contributed by atoms with Crippen molar-refractivity contribution in [3.8, 4) is 5.75 Å². The topological polar surface area (TPSA) is 119 Å². The first-order chi connectivity index (χ1) is 12.7. The lowest BCUT2D eigenvalue weighted by atomic mass is 10.1. The number of carbonyl (C=O) groups excluding carboxylic acids is 1. The number of nitrogens with zero attached hydrogens (tertiary/aromatic N) is 4. The summed E-state index contributed by atoms with van der Waals surface area (Å²) >= 11 is 0.858. The second kappa shape index (κ2) is 8.62. The summed E-state index contributed by atoms with van der Waals surface area (Å²) in [5.74, 6) is -1.39. The number of amides is 1. The molecule has 0 unspecified atom stereocenters. The molecule has 0 radical (unpaired) electrons. The van der Waals surface area contributed by atoms with Crippen LogP contribution in [-0.2, 0) is 18.9 Å². The van der Waals surface area contributed by atoms with E-state index in [1.807, 2.05) is 0 Å². The molecule has 9 nitrogen and oxygen atoms in total. The van der Waals surface area contributed by atoms with Gasteiger partial charge in [0.15, 0.2) is 5.03 Å². The quantitative estimate of drug-likeness (QED) is 0.414. The molecule has 0 bridgehead atoms. The maximum Gasteiger partial charge on any atom is 0.346 e. The van der Waals surface area contributed by atoms with Crippen molar-refractivity contribution in [1.29, 1.82) is 0 Å². The minimum atomic E-state index is -0.599. The number of hydrazone groups is 1. The van der Waals surface area contributed by atoms with Crippen LogP contribution in [0.2, 0.25) is 0 Å². The van der Waals surface area contributed by atoms with Crippen molar-refractivity contribution in [3.05, 3.63) is 50.4 Å². The van der Waals surface area contributed by atoms with E-state index in [4.69, 9.17) is 0 Å². The molecule has 0 atom stereocenters. The summed E-state index contributed by atoms with van der Waals surface area (Å²) in [5.41, 5.74) is 1.60. The monoisotopic (exact) mass is 395 g/mol. The molecule has 144 valence electrons. The Morgan fingerprint density at radius 2 is 2.07 bits per heavy atom. The number of phenols is 1. The zero-order valence-electron chi connectivity index (χ0n) is 14.9. The Balaban J connectivity index is 2.09. The van der Waals surface area contributed by atoms with Gasteiger partial charge in [0, 0.05) is 19.7 Å². The van der Waals surface area contributed by atoms with E-state index in [0.29, 0.717) is 12.1 Å². The zero-order valence-corrected chi connectivity index (χ0v) is 15.7. The van der Waals surface area contributed by atoms with Crippen LogP contribution in [-0.4, -0.2) is 36.8 Å². The van der Waals surface area contributed by atoms with E-state index in [1.54, 1.807) is 6.92 Å². The molecule has 0 fully saturated rings. The van der Waals surface area contributed by atoms with Gasteiger partial charge in [-0.15, -0.1) is 0 Å². The first-order valence-corrected chi connectivity index (χ1v) is 8.84. The van der Waals surface area contributed by atoms with Crippen LogP contribution < -0.4 is 16.7 Å². The smallest absolute Gasteiger partial charge is 0.346 e. The summed E-state index contributed by atoms with van der Waals surface area (Å²) < 4.78 is 15.3. The van der Waals surface area contributed by atoms with Gasteiger partial charge in [-0.05, 0) is 24.6 Å². The van der Waals surface area contributed by atoms with E-state index < -0.39 is 23.0 Å². The van der Waals surface area contributed by atoms with Gasteiger partial charge in [0.2, 0.25) is 5.91 Å². The summed E-state index contributed by atoms with van der Waals surface area (Å²) in [6.45, 7) is 1.74. The Kier molecular flexibility index (Phi) is 6.50. The van der Waals surface area contributed by atoms with Gasteiger partial charge in [0.1, 0.15) is 11.6 Å². The standard InChI is InChI=1S/C16H18FN5O4S/c1-4-11(10-7-9(17)5-6-12(10)23)18-19-13(24)8-27-14-15(25)21(2)16(26)22(3)20-14/h5-7,23H,4,8H2,1-3H3,(H,19,24)/b18-11+. The van der Waals surface area contributed by atoms with E-state index in [2.05, 4.69) is 15.6 Å². The Morgan fingerprint density at radius 1 is 1.37 bits per heavy atom. The minimum Gasteiger partial charge on any atom is -0.507 e. The van der Waals surface area contributed by atoms with Crippen molar-refractivity contribution in [3.63, 3.8) is 0 Å². The fraction of sp³-hybridized carbons (Fsp3) is 0.312. The molecule has 0 aliphatic carbocycles. The normalized spacial score (nSPS) is 11.5. The molecule has 1 amide bonds. The number of halogens is 1. The van der Waals surface area contributed by atoms with E-state index in [-0.39, 0.29) is 22.1 Å². The molecular weight excluding hydrogens is 377 g/mol. The number of phenolic OH excluding ortho intramolecular Hbond substituents is 1. The van der Waals surface area contributed by atoms with Gasteiger partial charge >= 0.3 is 5.69 Å². The molecular formula is C16H18FN5O4S. The Labute approximate surface area is 157 Å². The van der Waals surface area contributed by atoms with Crippen LogP contribution >= 0.6 is 11.8 Å². The van der Waals surface area contributed by atoms with Crippen molar-refractivity contribution in [2.45, 2.75) is 18.4 Å². The Hall–Kier alpha value is -2.95. The number of hydrogen-bond donors (Lipinski definition) is 2. The van der Waals surface area contributed by atoms with Gasteiger partial charge in [-0.2, -0.15) is 10.2 Å². The SMILES string of the molecule is CC/C(=N\NC(=O)CSc1nn(C)c(=O)n(C)c1=O)c1cc(F)ccc1O. The highest BCUT2D eigenvalue weighted by molar-refractivity contribution is 7.99. The number of benzene rings is 1. The lowest BCUT2D eigenvalue weighted by molar-refractivity contribution is -0.118. The van der Waals surface area contributed by atoms with Gasteiger partial charge < -0.3 is 5.11 Å². The maximum absolute atomic E-state index is 13.4. The predicted octanol–water partition coefficient (Wildman–Crippen LogP) is 0.346. The van der Waals surface area contributed by atoms with Crippen molar-refractivity contribution < 1.29 is 14.3 Å². The summed E-state index contributed by atoms with van der Waals surface area (Å²) in [6.07, 6.45) is 0.341. The molecule has 0 aliphatic rings. The van der Waals surface area contributed by atoms with Crippen molar-refractivity contribution >= 4 is 23.4 Å². The van der Waals surface area contributed by atoms with Gasteiger partial charge in [0.25, 0.3) is 5.56 Å². The third-order valence-corrected chi connectivity index (χ3v) is 4.49. The molecule has 2 N–H and O–H groups in total. The highest BCUT2D eigenvalue weighted by Crippen LogP contribution is 2.20. The third kappa shape index (κ3) is 4.82. The van der Waals surface area contributed by atoms with Gasteiger partial charge in [-0.25, -0.2) is 19.3 Å². The molecule has 0 saturated carbocycles. The van der Waals surface area contributed by atoms with Crippen LogP contribution in [0.5, 0.6) is 5.75 Å². The Morgan fingerprint density at radius 3 is 2.74 bits per heavy atom. The maximum atomic E-state index is 13.4. The average molecular weight is 395 g/mol. The number of carbonyl (C=O) groups is 1. The molecule has 2 rings (SSSR count). The van der Waals surface area contributed by atoms with Crippen LogP contribution in [0.25, 0.3) is 0 Å². The van der Waals surface area contributed by atoms with E-state index in [9.17, 15) is 23.9 Å². The Bertz CT molecular complexity index is 1010. The van der Waals surface area contributed by atoms with Gasteiger partial charge in [-0.1, -0.05) is 18.7 Å². The molecule has 0 aliphatic heterocycles. The molecule has 0 saturated heterocycles. The number of aromatic hydroxyl groups is 1. The highest BCUT2D eigenvalue weighted by atomic mass is 32.2. The first-order valence-electron chi connectivity index (χ1n) is 7.86. The largest absolute Gasteiger partial charge is 0.507 e. The van der Waals surface area contributed by atoms with Crippen LogP contribution in [0.1, 0.15) is 18.9 Å². The third-order valence-electron chi connectivity index (χ3n) is 3.55. The molecule has 1 aromatic heterocycles. The van der Waals surface area contributed by atoms with Crippen molar-refractivity contribution in [2.24, 2.45) is 19.2 Å². The van der Waals surface area contributed by atoms with Crippen LogP contribution in [0.15, 0.2) is 37.9 Å². The van der Waals surface area contributed by atoms with Gasteiger partial charge in [-0.3, -0.25) is 14.2 Å². The lowest BCUT2D eigenvalue weighted by Crippen LogP contribution is -2.39. The number of thioether (sulfide) groups is 1.